The maximum Gasteiger partial charge on any atom is 0.240 e. The van der Waals surface area contributed by atoms with Crippen molar-refractivity contribution >= 4 is 40.0 Å². The summed E-state index contributed by atoms with van der Waals surface area (Å²) in [5, 5.41) is 6.52. The molecule has 0 aliphatic rings. The van der Waals surface area contributed by atoms with E-state index in [1.54, 1.807) is 18.2 Å². The van der Waals surface area contributed by atoms with Gasteiger partial charge in [0.1, 0.15) is 0 Å². The molecule has 6 nitrogen and oxygen atoms in total. The van der Waals surface area contributed by atoms with Crippen molar-refractivity contribution in [1.82, 2.24) is 15.4 Å². The largest absolute Gasteiger partial charge is 0.357 e. The van der Waals surface area contributed by atoms with Crippen LogP contribution in [0.3, 0.4) is 0 Å². The van der Waals surface area contributed by atoms with E-state index >= 15 is 0 Å². The molecule has 0 spiro atoms. The minimum Gasteiger partial charge on any atom is -0.357 e. The Hall–Kier alpha value is -0.870. The monoisotopic (exact) mass is 482 g/mol. The zero-order chi connectivity index (χ0) is 18.0. The first-order valence-electron chi connectivity index (χ1n) is 8.43. The summed E-state index contributed by atoms with van der Waals surface area (Å²) < 4.78 is 26.0. The lowest BCUT2D eigenvalue weighted by Crippen LogP contribution is -2.37. The maximum atomic E-state index is 11.9. The summed E-state index contributed by atoms with van der Waals surface area (Å²) in [7, 11) is -2.02. The Morgan fingerprint density at radius 1 is 1.24 bits per heavy atom. The third-order valence-electron chi connectivity index (χ3n) is 3.49. The van der Waals surface area contributed by atoms with E-state index in [2.05, 4.69) is 34.2 Å². The molecule has 0 radical (unpaired) electrons. The van der Waals surface area contributed by atoms with Crippen molar-refractivity contribution in [3.05, 3.63) is 29.8 Å². The highest BCUT2D eigenvalue weighted by Gasteiger charge is 2.11. The third-order valence-corrected chi connectivity index (χ3v) is 4.90. The van der Waals surface area contributed by atoms with E-state index in [0.717, 1.165) is 31.0 Å². The van der Waals surface area contributed by atoms with Gasteiger partial charge in [-0.15, -0.1) is 24.0 Å². The van der Waals surface area contributed by atoms with E-state index in [0.29, 0.717) is 12.5 Å². The number of aliphatic imine (C=N–C) groups is 1. The smallest absolute Gasteiger partial charge is 0.240 e. The van der Waals surface area contributed by atoms with Gasteiger partial charge in [0.15, 0.2) is 5.96 Å². The Balaban J connectivity index is 0.00000576. The molecule has 0 bridgehead atoms. The second-order valence-corrected chi connectivity index (χ2v) is 7.90. The van der Waals surface area contributed by atoms with Crippen LogP contribution in [-0.4, -0.2) is 34.5 Å². The van der Waals surface area contributed by atoms with Crippen LogP contribution < -0.4 is 15.4 Å². The molecule has 0 saturated heterocycles. The lowest BCUT2D eigenvalue weighted by molar-refractivity contribution is 0.549. The van der Waals surface area contributed by atoms with E-state index in [9.17, 15) is 8.42 Å². The predicted molar refractivity (Wildman–Crippen MR) is 115 cm³/mol. The van der Waals surface area contributed by atoms with Gasteiger partial charge in [-0.2, -0.15) is 0 Å². The van der Waals surface area contributed by atoms with E-state index in [4.69, 9.17) is 0 Å². The van der Waals surface area contributed by atoms with Crippen molar-refractivity contribution in [2.75, 3.05) is 20.1 Å². The number of hydrogen-bond acceptors (Lipinski definition) is 3. The summed E-state index contributed by atoms with van der Waals surface area (Å²) in [6, 6.07) is 6.84. The standard InChI is InChI=1S/C17H30N4O2S.HI/c1-5-19-17(20-11-7-8-14(2)3)21-13-15-9-6-10-16(12-15)24(22,23)18-4;/h6,9-10,12,14,18H,5,7-8,11,13H2,1-4H3,(H2,19,20,21);1H. The van der Waals surface area contributed by atoms with Crippen molar-refractivity contribution in [3.63, 3.8) is 0 Å². The van der Waals surface area contributed by atoms with E-state index in [-0.39, 0.29) is 28.9 Å². The lowest BCUT2D eigenvalue weighted by Gasteiger charge is -2.12. The van der Waals surface area contributed by atoms with Gasteiger partial charge in [-0.3, -0.25) is 0 Å². The number of rotatable bonds is 9. The minimum absolute atomic E-state index is 0. The zero-order valence-electron chi connectivity index (χ0n) is 15.5. The van der Waals surface area contributed by atoms with Crippen LogP contribution in [-0.2, 0) is 16.6 Å². The van der Waals surface area contributed by atoms with Crippen molar-refractivity contribution < 1.29 is 8.42 Å². The van der Waals surface area contributed by atoms with Gasteiger partial charge in [-0.05, 0) is 50.4 Å². The average molecular weight is 482 g/mol. The number of halogens is 1. The summed E-state index contributed by atoms with van der Waals surface area (Å²) in [5.74, 6) is 1.45. The molecule has 3 N–H and O–H groups in total. The number of sulfonamides is 1. The molecule has 0 atom stereocenters. The number of nitrogens with one attached hydrogen (secondary N) is 3. The van der Waals surface area contributed by atoms with Crippen LogP contribution in [0.25, 0.3) is 0 Å². The highest BCUT2D eigenvalue weighted by atomic mass is 127. The second-order valence-electron chi connectivity index (χ2n) is 6.01. The first-order valence-corrected chi connectivity index (χ1v) is 9.92. The minimum atomic E-state index is -3.42. The normalized spacial score (nSPS) is 12.0. The Bertz CT molecular complexity index is 633. The summed E-state index contributed by atoms with van der Waals surface area (Å²) >= 11 is 0. The number of guanidine groups is 1. The topological polar surface area (TPSA) is 82.6 Å². The average Bonchev–Trinajstić information content (AvgIpc) is 2.56. The van der Waals surface area contributed by atoms with Crippen molar-refractivity contribution in [1.29, 1.82) is 0 Å². The van der Waals surface area contributed by atoms with Gasteiger partial charge in [-0.25, -0.2) is 18.1 Å². The van der Waals surface area contributed by atoms with Crippen molar-refractivity contribution in [2.24, 2.45) is 10.9 Å². The Kier molecular flexibility index (Phi) is 12.0. The van der Waals surface area contributed by atoms with Crippen LogP contribution >= 0.6 is 24.0 Å². The summed E-state index contributed by atoms with van der Waals surface area (Å²) in [4.78, 5) is 4.79. The van der Waals surface area contributed by atoms with Crippen LogP contribution in [0.1, 0.15) is 39.2 Å². The Morgan fingerprint density at radius 2 is 1.96 bits per heavy atom. The van der Waals surface area contributed by atoms with Gasteiger partial charge >= 0.3 is 0 Å². The molecule has 8 heteroatoms. The molecule has 144 valence electrons. The lowest BCUT2D eigenvalue weighted by atomic mass is 10.1. The molecule has 1 aromatic rings. The number of nitrogens with zero attached hydrogens (tertiary/aromatic N) is 1. The molecule has 0 aliphatic carbocycles. The van der Waals surface area contributed by atoms with E-state index < -0.39 is 10.0 Å². The first-order chi connectivity index (χ1) is 11.4. The SMILES string of the molecule is CCNC(=NCc1cccc(S(=O)(=O)NC)c1)NCCCC(C)C.I. The molecule has 0 fully saturated rings. The Labute approximate surface area is 169 Å². The third kappa shape index (κ3) is 9.41. The quantitative estimate of drug-likeness (QED) is 0.219. The first kappa shape index (κ1) is 24.1. The van der Waals surface area contributed by atoms with Crippen LogP contribution in [0, 0.1) is 5.92 Å². The predicted octanol–water partition coefficient (Wildman–Crippen LogP) is 2.70. The van der Waals surface area contributed by atoms with Gasteiger partial charge in [-0.1, -0.05) is 26.0 Å². The molecule has 1 rings (SSSR count). The van der Waals surface area contributed by atoms with Gasteiger partial charge < -0.3 is 10.6 Å². The molecular weight excluding hydrogens is 451 g/mol. The molecule has 1 aromatic carbocycles. The molecule has 25 heavy (non-hydrogen) atoms. The molecule has 0 unspecified atom stereocenters. The number of hydrogen-bond donors (Lipinski definition) is 3. The van der Waals surface area contributed by atoms with Gasteiger partial charge in [0.25, 0.3) is 0 Å². The highest BCUT2D eigenvalue weighted by molar-refractivity contribution is 14.0. The van der Waals surface area contributed by atoms with Crippen LogP contribution in [0.15, 0.2) is 34.2 Å². The molecule has 0 saturated carbocycles. The van der Waals surface area contributed by atoms with Crippen molar-refractivity contribution in [3.8, 4) is 0 Å². The van der Waals surface area contributed by atoms with E-state index in [1.165, 1.54) is 13.5 Å². The van der Waals surface area contributed by atoms with Crippen LogP contribution in [0.2, 0.25) is 0 Å². The Morgan fingerprint density at radius 3 is 2.56 bits per heavy atom. The molecule has 0 amide bonds. The zero-order valence-corrected chi connectivity index (χ0v) is 18.6. The molecule has 0 aliphatic heterocycles. The van der Waals surface area contributed by atoms with Crippen LogP contribution in [0.4, 0.5) is 0 Å². The summed E-state index contributed by atoms with van der Waals surface area (Å²) in [5.41, 5.74) is 0.853. The maximum absolute atomic E-state index is 11.9. The summed E-state index contributed by atoms with van der Waals surface area (Å²) in [6.45, 7) is 8.53. The highest BCUT2D eigenvalue weighted by Crippen LogP contribution is 2.11. The second kappa shape index (κ2) is 12.5. The molecule has 0 aromatic heterocycles. The molecule has 0 heterocycles. The summed E-state index contributed by atoms with van der Waals surface area (Å²) in [6.07, 6.45) is 2.27. The van der Waals surface area contributed by atoms with E-state index in [1.807, 2.05) is 13.0 Å². The van der Waals surface area contributed by atoms with Gasteiger partial charge in [0.2, 0.25) is 10.0 Å². The fourth-order valence-electron chi connectivity index (χ4n) is 2.16. The van der Waals surface area contributed by atoms with Crippen LogP contribution in [0.5, 0.6) is 0 Å². The molecular formula is C17H31IN4O2S. The fraction of sp³-hybridized carbons (Fsp3) is 0.588. The van der Waals surface area contributed by atoms with Gasteiger partial charge in [0.05, 0.1) is 11.4 Å². The van der Waals surface area contributed by atoms with Gasteiger partial charge in [0, 0.05) is 13.1 Å². The fourth-order valence-corrected chi connectivity index (χ4v) is 2.96. The van der Waals surface area contributed by atoms with Crippen molar-refractivity contribution in [2.45, 2.75) is 45.1 Å². The number of benzene rings is 1.